The van der Waals surface area contributed by atoms with Gasteiger partial charge >= 0.3 is 12.1 Å². The van der Waals surface area contributed by atoms with E-state index in [2.05, 4.69) is 10.6 Å². The summed E-state index contributed by atoms with van der Waals surface area (Å²) in [5.74, 6) is -1.65. The van der Waals surface area contributed by atoms with Crippen molar-refractivity contribution >= 4 is 23.7 Å². The van der Waals surface area contributed by atoms with Gasteiger partial charge in [0.25, 0.3) is 0 Å². The van der Waals surface area contributed by atoms with Gasteiger partial charge in [0, 0.05) is 0 Å². The van der Waals surface area contributed by atoms with Crippen LogP contribution in [0.2, 0.25) is 0 Å². The van der Waals surface area contributed by atoms with Gasteiger partial charge in [-0.05, 0) is 39.3 Å². The number of para-hydroxylation sites is 1. The number of nitrogens with one attached hydrogen (secondary N) is 2. The maximum Gasteiger partial charge on any atom is 0.408 e. The van der Waals surface area contributed by atoms with E-state index in [4.69, 9.17) is 9.84 Å². The lowest BCUT2D eigenvalue weighted by atomic mass is 10.1. The molecule has 23 heavy (non-hydrogen) atoms. The van der Waals surface area contributed by atoms with Gasteiger partial charge in [-0.15, -0.1) is 0 Å². The molecular formula is C16H22N2O5. The summed E-state index contributed by atoms with van der Waals surface area (Å²) in [6, 6.07) is 5.23. The SMILES string of the molecule is CC[C@H](NC(=O)OC(C)(C)C)C(=O)Nc1ccccc1C(=O)O. The molecule has 0 unspecified atom stereocenters. The minimum atomic E-state index is -1.14. The molecule has 0 aliphatic rings. The maximum absolute atomic E-state index is 12.2. The van der Waals surface area contributed by atoms with Crippen molar-refractivity contribution in [2.75, 3.05) is 5.32 Å². The fourth-order valence-corrected chi connectivity index (χ4v) is 1.80. The summed E-state index contributed by atoms with van der Waals surface area (Å²) in [5.41, 5.74) is -0.517. The Balaban J connectivity index is 2.79. The number of carboxylic acid groups (broad SMARTS) is 1. The summed E-state index contributed by atoms with van der Waals surface area (Å²) >= 11 is 0. The fraction of sp³-hybridized carbons (Fsp3) is 0.438. The number of aromatic carboxylic acids is 1. The lowest BCUT2D eigenvalue weighted by molar-refractivity contribution is -0.118. The summed E-state index contributed by atoms with van der Waals surface area (Å²) in [5, 5.41) is 14.1. The van der Waals surface area contributed by atoms with Crippen LogP contribution in [0.5, 0.6) is 0 Å². The van der Waals surface area contributed by atoms with Gasteiger partial charge in [0.05, 0.1) is 11.3 Å². The lowest BCUT2D eigenvalue weighted by Crippen LogP contribution is -2.45. The first-order valence-corrected chi connectivity index (χ1v) is 7.26. The molecule has 2 amide bonds. The highest BCUT2D eigenvalue weighted by atomic mass is 16.6. The summed E-state index contributed by atoms with van der Waals surface area (Å²) in [6.07, 6.45) is -0.369. The van der Waals surface area contributed by atoms with Gasteiger partial charge in [-0.2, -0.15) is 0 Å². The average Bonchev–Trinajstić information content (AvgIpc) is 2.43. The Morgan fingerprint density at radius 2 is 1.83 bits per heavy atom. The van der Waals surface area contributed by atoms with E-state index >= 15 is 0 Å². The Morgan fingerprint density at radius 3 is 2.35 bits per heavy atom. The van der Waals surface area contributed by atoms with Crippen molar-refractivity contribution in [3.05, 3.63) is 29.8 Å². The first kappa shape index (κ1) is 18.5. The number of carbonyl (C=O) groups is 3. The zero-order valence-electron chi connectivity index (χ0n) is 13.7. The van der Waals surface area contributed by atoms with Crippen molar-refractivity contribution in [2.24, 2.45) is 0 Å². The van der Waals surface area contributed by atoms with Crippen LogP contribution in [-0.4, -0.2) is 34.7 Å². The molecule has 7 heteroatoms. The zero-order chi connectivity index (χ0) is 17.6. The van der Waals surface area contributed by atoms with Gasteiger partial charge in [0.1, 0.15) is 11.6 Å². The monoisotopic (exact) mass is 322 g/mol. The topological polar surface area (TPSA) is 105 Å². The van der Waals surface area contributed by atoms with Crippen LogP contribution in [0.15, 0.2) is 24.3 Å². The molecule has 0 saturated heterocycles. The number of rotatable bonds is 5. The van der Waals surface area contributed by atoms with E-state index in [0.717, 1.165) is 0 Å². The summed E-state index contributed by atoms with van der Waals surface area (Å²) in [4.78, 5) is 35.1. The highest BCUT2D eigenvalue weighted by Gasteiger charge is 2.24. The Labute approximate surface area is 135 Å². The Morgan fingerprint density at radius 1 is 1.22 bits per heavy atom. The quantitative estimate of drug-likeness (QED) is 0.773. The minimum absolute atomic E-state index is 0.0204. The summed E-state index contributed by atoms with van der Waals surface area (Å²) < 4.78 is 5.11. The number of carboxylic acids is 1. The van der Waals surface area contributed by atoms with Gasteiger partial charge in [-0.25, -0.2) is 9.59 Å². The van der Waals surface area contributed by atoms with Crippen molar-refractivity contribution in [1.29, 1.82) is 0 Å². The number of alkyl carbamates (subject to hydrolysis) is 1. The first-order chi connectivity index (χ1) is 10.6. The van der Waals surface area contributed by atoms with Crippen molar-refractivity contribution < 1.29 is 24.2 Å². The average molecular weight is 322 g/mol. The molecule has 7 nitrogen and oxygen atoms in total. The molecule has 1 aromatic rings. The molecule has 0 heterocycles. The third kappa shape index (κ3) is 5.98. The van der Waals surface area contributed by atoms with Gasteiger partial charge in [-0.3, -0.25) is 4.79 Å². The molecule has 0 radical (unpaired) electrons. The number of hydrogen-bond donors (Lipinski definition) is 3. The molecule has 1 rings (SSSR count). The van der Waals surface area contributed by atoms with Crippen LogP contribution < -0.4 is 10.6 Å². The maximum atomic E-state index is 12.2. The highest BCUT2D eigenvalue weighted by molar-refractivity contribution is 6.02. The third-order valence-electron chi connectivity index (χ3n) is 2.83. The number of hydrogen-bond acceptors (Lipinski definition) is 4. The van der Waals surface area contributed by atoms with Crippen LogP contribution in [0, 0.1) is 0 Å². The van der Waals surface area contributed by atoms with E-state index in [9.17, 15) is 14.4 Å². The van der Waals surface area contributed by atoms with Crippen LogP contribution in [0.4, 0.5) is 10.5 Å². The molecule has 0 saturated carbocycles. The highest BCUT2D eigenvalue weighted by Crippen LogP contribution is 2.15. The number of carbonyl (C=O) groups excluding carboxylic acids is 2. The number of ether oxygens (including phenoxy) is 1. The lowest BCUT2D eigenvalue weighted by Gasteiger charge is -2.22. The van der Waals surface area contributed by atoms with Crippen LogP contribution in [0.25, 0.3) is 0 Å². The van der Waals surface area contributed by atoms with E-state index in [1.54, 1.807) is 39.8 Å². The third-order valence-corrected chi connectivity index (χ3v) is 2.83. The number of benzene rings is 1. The van der Waals surface area contributed by atoms with Crippen LogP contribution in [0.1, 0.15) is 44.5 Å². The predicted octanol–water partition coefficient (Wildman–Crippen LogP) is 2.63. The molecule has 0 aliphatic heterocycles. The second-order valence-electron chi connectivity index (χ2n) is 5.95. The minimum Gasteiger partial charge on any atom is -0.478 e. The Bertz CT molecular complexity index is 592. The van der Waals surface area contributed by atoms with Crippen LogP contribution in [0.3, 0.4) is 0 Å². The molecule has 126 valence electrons. The predicted molar refractivity (Wildman–Crippen MR) is 85.5 cm³/mol. The second kappa shape index (κ2) is 7.62. The Kier molecular flexibility index (Phi) is 6.12. The van der Waals surface area contributed by atoms with Crippen molar-refractivity contribution in [3.63, 3.8) is 0 Å². The zero-order valence-corrected chi connectivity index (χ0v) is 13.7. The van der Waals surface area contributed by atoms with E-state index in [0.29, 0.717) is 6.42 Å². The number of anilines is 1. The molecule has 0 aliphatic carbocycles. The van der Waals surface area contributed by atoms with Gasteiger partial charge in [0.15, 0.2) is 0 Å². The first-order valence-electron chi connectivity index (χ1n) is 7.26. The van der Waals surface area contributed by atoms with E-state index in [-0.39, 0.29) is 11.3 Å². The van der Waals surface area contributed by atoms with Crippen molar-refractivity contribution in [3.8, 4) is 0 Å². The molecule has 3 N–H and O–H groups in total. The largest absolute Gasteiger partial charge is 0.478 e. The fourth-order valence-electron chi connectivity index (χ4n) is 1.80. The van der Waals surface area contributed by atoms with Gasteiger partial charge in [0.2, 0.25) is 5.91 Å². The Hall–Kier alpha value is -2.57. The molecule has 0 aromatic heterocycles. The summed E-state index contributed by atoms with van der Waals surface area (Å²) in [7, 11) is 0. The molecule has 0 bridgehead atoms. The van der Waals surface area contributed by atoms with Gasteiger partial charge in [-0.1, -0.05) is 19.1 Å². The number of amides is 2. The molecule has 0 fully saturated rings. The van der Waals surface area contributed by atoms with Crippen molar-refractivity contribution in [2.45, 2.75) is 45.8 Å². The van der Waals surface area contributed by atoms with E-state index in [1.807, 2.05) is 0 Å². The van der Waals surface area contributed by atoms with Crippen molar-refractivity contribution in [1.82, 2.24) is 5.32 Å². The van der Waals surface area contributed by atoms with Crippen LogP contribution >= 0.6 is 0 Å². The second-order valence-corrected chi connectivity index (χ2v) is 5.95. The van der Waals surface area contributed by atoms with E-state index < -0.39 is 29.6 Å². The van der Waals surface area contributed by atoms with E-state index in [1.165, 1.54) is 12.1 Å². The molecule has 1 atom stereocenters. The van der Waals surface area contributed by atoms with Gasteiger partial charge < -0.3 is 20.5 Å². The normalized spacial score (nSPS) is 12.2. The van der Waals surface area contributed by atoms with Crippen LogP contribution in [-0.2, 0) is 9.53 Å². The molecule has 0 spiro atoms. The smallest absolute Gasteiger partial charge is 0.408 e. The molecular weight excluding hydrogens is 300 g/mol. The molecule has 1 aromatic carbocycles. The standard InChI is InChI=1S/C16H22N2O5/c1-5-11(18-15(22)23-16(2,3)4)13(19)17-12-9-7-6-8-10(12)14(20)21/h6-9,11H,5H2,1-4H3,(H,17,19)(H,18,22)(H,20,21)/t11-/m0/s1. The summed E-state index contributed by atoms with van der Waals surface area (Å²) in [6.45, 7) is 6.88.